The molecule has 0 bridgehead atoms. The van der Waals surface area contributed by atoms with E-state index in [1.54, 1.807) is 13.1 Å². The van der Waals surface area contributed by atoms with Crippen molar-refractivity contribution in [3.05, 3.63) is 28.8 Å². The van der Waals surface area contributed by atoms with Gasteiger partial charge in [0.15, 0.2) is 5.96 Å². The van der Waals surface area contributed by atoms with E-state index in [0.717, 1.165) is 12.5 Å². The molecule has 0 aromatic heterocycles. The lowest BCUT2D eigenvalue weighted by Gasteiger charge is -2.15. The van der Waals surface area contributed by atoms with E-state index >= 15 is 0 Å². The Balaban J connectivity index is 1.77. The molecule has 8 heteroatoms. The number of guanidine groups is 1. The molecule has 0 spiro atoms. The maximum absolute atomic E-state index is 12.4. The molecule has 5 nitrogen and oxygen atoms in total. The molecule has 2 rings (SSSR count). The molecule has 1 aliphatic carbocycles. The highest BCUT2D eigenvalue weighted by Crippen LogP contribution is 2.28. The molecule has 0 radical (unpaired) electrons. The second kappa shape index (κ2) is 9.64. The molecule has 1 saturated carbocycles. The first kappa shape index (κ1) is 18.7. The van der Waals surface area contributed by atoms with E-state index in [2.05, 4.69) is 20.4 Å². The van der Waals surface area contributed by atoms with Crippen molar-refractivity contribution in [2.24, 2.45) is 10.9 Å². The highest BCUT2D eigenvalue weighted by Gasteiger charge is 2.20. The molecule has 1 fully saturated rings. The Kier molecular flexibility index (Phi) is 7.52. The number of ether oxygens (including phenoxy) is 2. The lowest BCUT2D eigenvalue weighted by molar-refractivity contribution is -0.0504. The van der Waals surface area contributed by atoms with Crippen molar-refractivity contribution in [2.45, 2.75) is 26.0 Å². The van der Waals surface area contributed by atoms with Crippen LogP contribution in [0.1, 0.15) is 18.4 Å². The van der Waals surface area contributed by atoms with Gasteiger partial charge in [-0.1, -0.05) is 11.6 Å². The first-order chi connectivity index (χ1) is 11.6. The number of aliphatic imine (C=N–C) groups is 1. The lowest BCUT2D eigenvalue weighted by Crippen LogP contribution is -2.38. The third-order valence-electron chi connectivity index (χ3n) is 3.50. The van der Waals surface area contributed by atoms with Crippen LogP contribution in [0.3, 0.4) is 0 Å². The zero-order valence-electron chi connectivity index (χ0n) is 13.5. The standard InChI is InChI=1S/C16H22ClF2N3O2/c1-20-16(21-6-7-23-10-11-2-3-11)22-9-12-8-13(17)4-5-14(12)24-15(18)19/h4-5,8,11,15H,2-3,6-7,9-10H2,1H3,(H2,20,21,22). The highest BCUT2D eigenvalue weighted by molar-refractivity contribution is 6.30. The molecule has 0 saturated heterocycles. The Bertz CT molecular complexity index is 554. The summed E-state index contributed by atoms with van der Waals surface area (Å²) in [6, 6.07) is 4.51. The quantitative estimate of drug-likeness (QED) is 0.403. The summed E-state index contributed by atoms with van der Waals surface area (Å²) in [7, 11) is 1.63. The van der Waals surface area contributed by atoms with Crippen LogP contribution >= 0.6 is 11.6 Å². The molecule has 134 valence electrons. The van der Waals surface area contributed by atoms with Gasteiger partial charge >= 0.3 is 6.61 Å². The molecule has 0 heterocycles. The summed E-state index contributed by atoms with van der Waals surface area (Å²) < 4.78 is 34.9. The number of nitrogens with one attached hydrogen (secondary N) is 2. The molecule has 0 unspecified atom stereocenters. The third kappa shape index (κ3) is 6.88. The molecule has 1 aliphatic rings. The smallest absolute Gasteiger partial charge is 0.387 e. The van der Waals surface area contributed by atoms with Crippen molar-refractivity contribution in [2.75, 3.05) is 26.8 Å². The summed E-state index contributed by atoms with van der Waals surface area (Å²) >= 11 is 5.92. The van der Waals surface area contributed by atoms with Crippen LogP contribution in [0.4, 0.5) is 8.78 Å². The Hall–Kier alpha value is -1.60. The third-order valence-corrected chi connectivity index (χ3v) is 3.73. The van der Waals surface area contributed by atoms with Crippen LogP contribution < -0.4 is 15.4 Å². The van der Waals surface area contributed by atoms with Crippen molar-refractivity contribution < 1.29 is 18.3 Å². The van der Waals surface area contributed by atoms with Gasteiger partial charge in [-0.25, -0.2) is 0 Å². The van der Waals surface area contributed by atoms with E-state index in [1.807, 2.05) is 0 Å². The second-order valence-corrected chi connectivity index (χ2v) is 5.94. The van der Waals surface area contributed by atoms with Crippen LogP contribution in [-0.4, -0.2) is 39.4 Å². The topological polar surface area (TPSA) is 54.9 Å². The Morgan fingerprint density at radius 1 is 1.38 bits per heavy atom. The molecule has 0 atom stereocenters. The van der Waals surface area contributed by atoms with Crippen molar-refractivity contribution in [3.63, 3.8) is 0 Å². The van der Waals surface area contributed by atoms with Crippen LogP contribution in [0, 0.1) is 5.92 Å². The predicted octanol–water partition coefficient (Wildman–Crippen LogP) is 3.03. The van der Waals surface area contributed by atoms with Gasteiger partial charge in [0.05, 0.1) is 6.61 Å². The first-order valence-corrected chi connectivity index (χ1v) is 8.21. The monoisotopic (exact) mass is 361 g/mol. The van der Waals surface area contributed by atoms with Crippen molar-refractivity contribution in [1.29, 1.82) is 0 Å². The molecular weight excluding hydrogens is 340 g/mol. The fourth-order valence-electron chi connectivity index (χ4n) is 2.07. The van der Waals surface area contributed by atoms with Crippen LogP contribution in [0.25, 0.3) is 0 Å². The van der Waals surface area contributed by atoms with Gasteiger partial charge in [0.1, 0.15) is 5.75 Å². The average Bonchev–Trinajstić information content (AvgIpc) is 3.36. The van der Waals surface area contributed by atoms with E-state index in [-0.39, 0.29) is 12.3 Å². The van der Waals surface area contributed by atoms with E-state index in [4.69, 9.17) is 16.3 Å². The van der Waals surface area contributed by atoms with Crippen LogP contribution in [0.2, 0.25) is 5.02 Å². The van der Waals surface area contributed by atoms with Gasteiger partial charge < -0.3 is 20.1 Å². The van der Waals surface area contributed by atoms with E-state index < -0.39 is 6.61 Å². The summed E-state index contributed by atoms with van der Waals surface area (Å²) in [6.07, 6.45) is 2.53. The summed E-state index contributed by atoms with van der Waals surface area (Å²) in [6.45, 7) is -0.613. The summed E-state index contributed by atoms with van der Waals surface area (Å²) in [5.41, 5.74) is 0.524. The maximum atomic E-state index is 12.4. The minimum Gasteiger partial charge on any atom is -0.434 e. The van der Waals surface area contributed by atoms with Crippen molar-refractivity contribution in [1.82, 2.24) is 10.6 Å². The van der Waals surface area contributed by atoms with E-state index in [9.17, 15) is 8.78 Å². The Labute approximate surface area is 145 Å². The zero-order chi connectivity index (χ0) is 17.4. The number of benzene rings is 1. The largest absolute Gasteiger partial charge is 0.434 e. The summed E-state index contributed by atoms with van der Waals surface area (Å²) in [4.78, 5) is 4.08. The van der Waals surface area contributed by atoms with Crippen LogP contribution in [-0.2, 0) is 11.3 Å². The normalized spacial score (nSPS) is 14.8. The first-order valence-electron chi connectivity index (χ1n) is 7.84. The van der Waals surface area contributed by atoms with Gasteiger partial charge in [0, 0.05) is 37.3 Å². The van der Waals surface area contributed by atoms with E-state index in [0.29, 0.717) is 29.7 Å². The lowest BCUT2D eigenvalue weighted by atomic mass is 10.2. The molecule has 1 aromatic carbocycles. The van der Waals surface area contributed by atoms with Gasteiger partial charge in [-0.3, -0.25) is 4.99 Å². The summed E-state index contributed by atoms with van der Waals surface area (Å²) in [5.74, 6) is 1.37. The van der Waals surface area contributed by atoms with Gasteiger partial charge in [-0.05, 0) is 37.0 Å². The van der Waals surface area contributed by atoms with E-state index in [1.165, 1.54) is 25.0 Å². The summed E-state index contributed by atoms with van der Waals surface area (Å²) in [5, 5.41) is 6.59. The minimum atomic E-state index is -2.88. The second-order valence-electron chi connectivity index (χ2n) is 5.50. The van der Waals surface area contributed by atoms with Gasteiger partial charge in [-0.2, -0.15) is 8.78 Å². The van der Waals surface area contributed by atoms with Crippen molar-refractivity contribution >= 4 is 17.6 Å². The Morgan fingerprint density at radius 2 is 2.17 bits per heavy atom. The number of alkyl halides is 2. The SMILES string of the molecule is CN=C(NCCOCC1CC1)NCc1cc(Cl)ccc1OC(F)F. The molecule has 1 aromatic rings. The maximum Gasteiger partial charge on any atom is 0.387 e. The predicted molar refractivity (Wildman–Crippen MR) is 89.8 cm³/mol. The number of hydrogen-bond acceptors (Lipinski definition) is 3. The molecule has 2 N–H and O–H groups in total. The molecule has 0 amide bonds. The number of hydrogen-bond donors (Lipinski definition) is 2. The fourth-order valence-corrected chi connectivity index (χ4v) is 2.27. The number of rotatable bonds is 9. The van der Waals surface area contributed by atoms with Crippen LogP contribution in [0.15, 0.2) is 23.2 Å². The number of halogens is 3. The zero-order valence-corrected chi connectivity index (χ0v) is 14.3. The average molecular weight is 362 g/mol. The molecular formula is C16H22ClF2N3O2. The van der Waals surface area contributed by atoms with Crippen molar-refractivity contribution in [3.8, 4) is 5.75 Å². The molecule has 0 aliphatic heterocycles. The molecule has 24 heavy (non-hydrogen) atoms. The van der Waals surface area contributed by atoms with Gasteiger partial charge in [0.25, 0.3) is 0 Å². The Morgan fingerprint density at radius 3 is 2.83 bits per heavy atom. The number of nitrogens with zero attached hydrogens (tertiary/aromatic N) is 1. The van der Waals surface area contributed by atoms with Gasteiger partial charge in [0.2, 0.25) is 0 Å². The van der Waals surface area contributed by atoms with Crippen LogP contribution in [0.5, 0.6) is 5.75 Å². The fraction of sp³-hybridized carbons (Fsp3) is 0.562. The minimum absolute atomic E-state index is 0.0881. The highest BCUT2D eigenvalue weighted by atomic mass is 35.5. The van der Waals surface area contributed by atoms with Gasteiger partial charge in [-0.15, -0.1) is 0 Å².